The lowest BCUT2D eigenvalue weighted by Gasteiger charge is -2.26. The van der Waals surface area contributed by atoms with Crippen LogP contribution in [0.3, 0.4) is 0 Å². The molecule has 3 aromatic carbocycles. The molecule has 0 radical (unpaired) electrons. The number of rotatable bonds is 5. The van der Waals surface area contributed by atoms with Crippen molar-refractivity contribution in [1.82, 2.24) is 14.7 Å². The minimum atomic E-state index is -0.307. The number of ether oxygens (including phenoxy) is 3. The molecule has 2 aliphatic rings. The molecule has 0 aliphatic carbocycles. The van der Waals surface area contributed by atoms with E-state index >= 15 is 0 Å². The number of para-hydroxylation sites is 1. The van der Waals surface area contributed by atoms with Crippen molar-refractivity contribution < 1.29 is 23.8 Å². The van der Waals surface area contributed by atoms with Gasteiger partial charge in [-0.1, -0.05) is 30.3 Å². The van der Waals surface area contributed by atoms with E-state index < -0.39 is 0 Å². The Morgan fingerprint density at radius 2 is 1.62 bits per heavy atom. The number of anilines is 1. The van der Waals surface area contributed by atoms with Crippen molar-refractivity contribution in [2.45, 2.75) is 6.54 Å². The molecule has 1 fully saturated rings. The van der Waals surface area contributed by atoms with Crippen LogP contribution in [-0.2, 0) is 11.3 Å². The van der Waals surface area contributed by atoms with Crippen LogP contribution in [0.25, 0.3) is 10.9 Å². The predicted molar refractivity (Wildman–Crippen MR) is 137 cm³/mol. The summed E-state index contributed by atoms with van der Waals surface area (Å²) >= 11 is 0. The molecule has 188 valence electrons. The number of nitrogens with zero attached hydrogens (tertiary/aromatic N) is 3. The van der Waals surface area contributed by atoms with Crippen LogP contribution in [0.5, 0.6) is 11.5 Å². The summed E-state index contributed by atoms with van der Waals surface area (Å²) in [6.45, 7) is 3.80. The zero-order valence-corrected chi connectivity index (χ0v) is 20.2. The Kier molecular flexibility index (Phi) is 6.20. The first-order valence-electron chi connectivity index (χ1n) is 12.3. The summed E-state index contributed by atoms with van der Waals surface area (Å²) in [7, 11) is 0. The Labute approximate surface area is 213 Å². The number of hydrogen-bond donors (Lipinski definition) is 1. The lowest BCUT2D eigenvalue weighted by Crippen LogP contribution is -2.40. The van der Waals surface area contributed by atoms with Crippen LogP contribution in [0.15, 0.2) is 66.7 Å². The highest BCUT2D eigenvalue weighted by Gasteiger charge is 2.20. The topological polar surface area (TPSA) is 94.9 Å². The quantitative estimate of drug-likeness (QED) is 0.452. The monoisotopic (exact) mass is 498 g/mol. The molecule has 9 nitrogen and oxygen atoms in total. The van der Waals surface area contributed by atoms with Gasteiger partial charge in [-0.15, -0.1) is 0 Å². The SMILES string of the molecule is O=C(Nc1ccc2c(c1)OCCO2)c1nn(Cc2ccc(C(=O)N3CCOCC3)cc2)c2ccccc12. The largest absolute Gasteiger partial charge is 0.486 e. The van der Waals surface area contributed by atoms with Crippen molar-refractivity contribution in [2.75, 3.05) is 44.8 Å². The second-order valence-electron chi connectivity index (χ2n) is 8.94. The van der Waals surface area contributed by atoms with Crippen LogP contribution in [0.2, 0.25) is 0 Å². The molecule has 0 bridgehead atoms. The van der Waals surface area contributed by atoms with E-state index in [0.29, 0.717) is 74.5 Å². The maximum Gasteiger partial charge on any atom is 0.276 e. The van der Waals surface area contributed by atoms with Crippen molar-refractivity contribution in [1.29, 1.82) is 0 Å². The van der Waals surface area contributed by atoms with Crippen LogP contribution < -0.4 is 14.8 Å². The fourth-order valence-corrected chi connectivity index (χ4v) is 4.60. The summed E-state index contributed by atoms with van der Waals surface area (Å²) in [5, 5.41) is 8.35. The van der Waals surface area contributed by atoms with Crippen molar-refractivity contribution in [3.63, 3.8) is 0 Å². The van der Waals surface area contributed by atoms with Gasteiger partial charge in [-0.05, 0) is 35.9 Å². The van der Waals surface area contributed by atoms with E-state index in [1.165, 1.54) is 0 Å². The van der Waals surface area contributed by atoms with Gasteiger partial charge in [-0.2, -0.15) is 5.10 Å². The molecule has 1 saturated heterocycles. The third-order valence-corrected chi connectivity index (χ3v) is 6.50. The summed E-state index contributed by atoms with van der Waals surface area (Å²) in [5.41, 5.74) is 3.42. The van der Waals surface area contributed by atoms with Crippen LogP contribution >= 0.6 is 0 Å². The number of carbonyl (C=O) groups excluding carboxylic acids is 2. The molecule has 2 amide bonds. The maximum atomic E-state index is 13.2. The molecule has 1 N–H and O–H groups in total. The van der Waals surface area contributed by atoms with E-state index in [1.54, 1.807) is 18.2 Å². The summed E-state index contributed by atoms with van der Waals surface area (Å²) in [4.78, 5) is 27.8. The lowest BCUT2D eigenvalue weighted by molar-refractivity contribution is 0.0303. The van der Waals surface area contributed by atoms with E-state index in [4.69, 9.17) is 14.2 Å². The average molecular weight is 499 g/mol. The first-order valence-corrected chi connectivity index (χ1v) is 12.3. The highest BCUT2D eigenvalue weighted by molar-refractivity contribution is 6.11. The predicted octanol–water partition coefficient (Wildman–Crippen LogP) is 3.58. The number of benzene rings is 3. The molecule has 2 aliphatic heterocycles. The van der Waals surface area contributed by atoms with Gasteiger partial charge >= 0.3 is 0 Å². The standard InChI is InChI=1S/C28H26N4O5/c33-27(29-21-9-10-24-25(17-21)37-16-15-36-24)26-22-3-1-2-4-23(22)32(30-26)18-19-5-7-20(8-6-19)28(34)31-11-13-35-14-12-31/h1-10,17H,11-16,18H2,(H,29,33). The molecule has 6 rings (SSSR count). The molecular weight excluding hydrogens is 472 g/mol. The zero-order chi connectivity index (χ0) is 25.2. The summed E-state index contributed by atoms with van der Waals surface area (Å²) in [5.74, 6) is 0.974. The van der Waals surface area contributed by atoms with Gasteiger partial charge in [-0.25, -0.2) is 0 Å². The number of aromatic nitrogens is 2. The molecule has 1 aromatic heterocycles. The second kappa shape index (κ2) is 9.94. The molecule has 0 unspecified atom stereocenters. The molecular formula is C28H26N4O5. The summed E-state index contributed by atoms with van der Waals surface area (Å²) < 4.78 is 18.3. The van der Waals surface area contributed by atoms with Gasteiger partial charge < -0.3 is 24.4 Å². The van der Waals surface area contributed by atoms with Gasteiger partial charge in [0.15, 0.2) is 17.2 Å². The molecule has 4 aromatic rings. The van der Waals surface area contributed by atoms with Crippen molar-refractivity contribution >= 4 is 28.4 Å². The highest BCUT2D eigenvalue weighted by atomic mass is 16.6. The molecule has 0 spiro atoms. The van der Waals surface area contributed by atoms with Gasteiger partial charge in [0.1, 0.15) is 13.2 Å². The highest BCUT2D eigenvalue weighted by Crippen LogP contribution is 2.33. The van der Waals surface area contributed by atoms with E-state index in [1.807, 2.05) is 58.1 Å². The fraction of sp³-hybridized carbons (Fsp3) is 0.250. The number of amides is 2. The van der Waals surface area contributed by atoms with Crippen molar-refractivity contribution in [3.8, 4) is 11.5 Å². The second-order valence-corrected chi connectivity index (χ2v) is 8.94. The van der Waals surface area contributed by atoms with Crippen LogP contribution in [0, 0.1) is 0 Å². The summed E-state index contributed by atoms with van der Waals surface area (Å²) in [6.07, 6.45) is 0. The normalized spacial score (nSPS) is 15.0. The van der Waals surface area contributed by atoms with Gasteiger partial charge in [0.25, 0.3) is 11.8 Å². The van der Waals surface area contributed by atoms with Crippen molar-refractivity contribution in [3.05, 3.63) is 83.6 Å². The third kappa shape index (κ3) is 4.73. The molecule has 37 heavy (non-hydrogen) atoms. The van der Waals surface area contributed by atoms with E-state index in [-0.39, 0.29) is 11.8 Å². The zero-order valence-electron chi connectivity index (χ0n) is 20.2. The van der Waals surface area contributed by atoms with Gasteiger partial charge in [0, 0.05) is 35.8 Å². The van der Waals surface area contributed by atoms with E-state index in [2.05, 4.69) is 10.4 Å². The number of fused-ring (bicyclic) bond motifs is 2. The summed E-state index contributed by atoms with van der Waals surface area (Å²) in [6, 6.07) is 20.5. The first kappa shape index (κ1) is 23.1. The van der Waals surface area contributed by atoms with Gasteiger partial charge in [-0.3, -0.25) is 14.3 Å². The Morgan fingerprint density at radius 1 is 0.865 bits per heavy atom. The van der Waals surface area contributed by atoms with Crippen LogP contribution in [0.1, 0.15) is 26.4 Å². The van der Waals surface area contributed by atoms with E-state index in [0.717, 1.165) is 16.5 Å². The number of morpholine rings is 1. The number of carbonyl (C=O) groups is 2. The third-order valence-electron chi connectivity index (χ3n) is 6.50. The Hall–Kier alpha value is -4.37. The van der Waals surface area contributed by atoms with Crippen LogP contribution in [0.4, 0.5) is 5.69 Å². The first-order chi connectivity index (χ1) is 18.2. The fourth-order valence-electron chi connectivity index (χ4n) is 4.60. The Morgan fingerprint density at radius 3 is 2.43 bits per heavy atom. The minimum absolute atomic E-state index is 0.0116. The van der Waals surface area contributed by atoms with Gasteiger partial charge in [0.2, 0.25) is 0 Å². The maximum absolute atomic E-state index is 13.2. The Bertz CT molecular complexity index is 1460. The van der Waals surface area contributed by atoms with Gasteiger partial charge in [0.05, 0.1) is 25.3 Å². The lowest BCUT2D eigenvalue weighted by atomic mass is 10.1. The Balaban J connectivity index is 1.21. The molecule has 0 saturated carbocycles. The minimum Gasteiger partial charge on any atom is -0.486 e. The smallest absolute Gasteiger partial charge is 0.276 e. The number of hydrogen-bond acceptors (Lipinski definition) is 6. The van der Waals surface area contributed by atoms with Crippen molar-refractivity contribution in [2.24, 2.45) is 0 Å². The molecule has 9 heteroatoms. The van der Waals surface area contributed by atoms with E-state index in [9.17, 15) is 9.59 Å². The molecule has 0 atom stereocenters. The average Bonchev–Trinajstić information content (AvgIpc) is 3.32. The molecule has 3 heterocycles. The van der Waals surface area contributed by atoms with Crippen LogP contribution in [-0.4, -0.2) is 66.0 Å². The number of nitrogens with one attached hydrogen (secondary N) is 1.